The zero-order valence-corrected chi connectivity index (χ0v) is 12.7. The summed E-state index contributed by atoms with van der Waals surface area (Å²) in [5.41, 5.74) is 1.25. The molecule has 2 aliphatic heterocycles. The highest BCUT2D eigenvalue weighted by molar-refractivity contribution is 5.77. The van der Waals surface area contributed by atoms with E-state index in [1.54, 1.807) is 0 Å². The summed E-state index contributed by atoms with van der Waals surface area (Å²) in [6.45, 7) is 5.01. The van der Waals surface area contributed by atoms with Crippen molar-refractivity contribution in [2.45, 2.75) is 38.3 Å². The van der Waals surface area contributed by atoms with Crippen LogP contribution in [-0.4, -0.2) is 47.4 Å². The second kappa shape index (κ2) is 6.44. The smallest absolute Gasteiger partial charge is 0.222 e. The fourth-order valence-electron chi connectivity index (χ4n) is 3.63. The monoisotopic (exact) mass is 284 g/mol. The minimum Gasteiger partial charge on any atom is -0.334 e. The van der Waals surface area contributed by atoms with Gasteiger partial charge in [0.2, 0.25) is 5.91 Å². The SMILES string of the molecule is CCC(=O)N1[C@@H]2CC[C@H]1CN(C/C=C\c1ccccc1)C2. The molecule has 0 unspecified atom stereocenters. The molecule has 21 heavy (non-hydrogen) atoms. The molecule has 2 aliphatic rings. The Morgan fingerprint density at radius 2 is 1.86 bits per heavy atom. The Morgan fingerprint density at radius 1 is 1.19 bits per heavy atom. The number of carbonyl (C=O) groups excluding carboxylic acids is 1. The molecule has 1 aromatic carbocycles. The fourth-order valence-corrected chi connectivity index (χ4v) is 3.63. The van der Waals surface area contributed by atoms with E-state index in [0.717, 1.165) is 19.6 Å². The predicted molar refractivity (Wildman–Crippen MR) is 85.9 cm³/mol. The van der Waals surface area contributed by atoms with E-state index in [4.69, 9.17) is 0 Å². The summed E-state index contributed by atoms with van der Waals surface area (Å²) in [5.74, 6) is 0.335. The number of benzene rings is 1. The van der Waals surface area contributed by atoms with Gasteiger partial charge < -0.3 is 4.90 Å². The van der Waals surface area contributed by atoms with Gasteiger partial charge >= 0.3 is 0 Å². The van der Waals surface area contributed by atoms with Crippen LogP contribution in [0.15, 0.2) is 36.4 Å². The van der Waals surface area contributed by atoms with Crippen LogP contribution in [0.2, 0.25) is 0 Å². The van der Waals surface area contributed by atoms with Gasteiger partial charge in [-0.1, -0.05) is 49.4 Å². The van der Waals surface area contributed by atoms with Crippen molar-refractivity contribution in [3.8, 4) is 0 Å². The van der Waals surface area contributed by atoms with Crippen molar-refractivity contribution >= 4 is 12.0 Å². The molecule has 0 N–H and O–H groups in total. The second-order valence-electron chi connectivity index (χ2n) is 6.07. The van der Waals surface area contributed by atoms with Crippen molar-refractivity contribution in [3.63, 3.8) is 0 Å². The van der Waals surface area contributed by atoms with Crippen LogP contribution in [0.1, 0.15) is 31.7 Å². The van der Waals surface area contributed by atoms with Crippen LogP contribution in [0.3, 0.4) is 0 Å². The lowest BCUT2D eigenvalue weighted by Gasteiger charge is -2.40. The minimum atomic E-state index is 0.335. The molecule has 0 aromatic heterocycles. The lowest BCUT2D eigenvalue weighted by atomic mass is 10.1. The van der Waals surface area contributed by atoms with Gasteiger partial charge in [0.25, 0.3) is 0 Å². The predicted octanol–water partition coefficient (Wildman–Crippen LogP) is 2.79. The minimum absolute atomic E-state index is 0.335. The van der Waals surface area contributed by atoms with Crippen LogP contribution in [0.4, 0.5) is 0 Å². The molecule has 0 saturated carbocycles. The Labute approximate surface area is 127 Å². The Balaban J connectivity index is 1.56. The second-order valence-corrected chi connectivity index (χ2v) is 6.07. The van der Waals surface area contributed by atoms with Crippen LogP contribution in [0, 0.1) is 0 Å². The number of fused-ring (bicyclic) bond motifs is 2. The van der Waals surface area contributed by atoms with Crippen molar-refractivity contribution in [3.05, 3.63) is 42.0 Å². The maximum absolute atomic E-state index is 12.0. The third-order valence-corrected chi connectivity index (χ3v) is 4.62. The first-order chi connectivity index (χ1) is 10.3. The van der Waals surface area contributed by atoms with Gasteiger partial charge in [-0.15, -0.1) is 0 Å². The van der Waals surface area contributed by atoms with E-state index >= 15 is 0 Å². The Kier molecular flexibility index (Phi) is 4.39. The van der Waals surface area contributed by atoms with E-state index in [1.165, 1.54) is 18.4 Å². The zero-order valence-electron chi connectivity index (χ0n) is 12.7. The first-order valence-corrected chi connectivity index (χ1v) is 8.03. The summed E-state index contributed by atoms with van der Waals surface area (Å²) >= 11 is 0. The van der Waals surface area contributed by atoms with Crippen molar-refractivity contribution < 1.29 is 4.79 Å². The first-order valence-electron chi connectivity index (χ1n) is 8.03. The van der Waals surface area contributed by atoms with E-state index in [-0.39, 0.29) is 0 Å². The van der Waals surface area contributed by atoms with Crippen LogP contribution in [-0.2, 0) is 4.79 Å². The highest BCUT2D eigenvalue weighted by atomic mass is 16.2. The summed E-state index contributed by atoms with van der Waals surface area (Å²) in [4.78, 5) is 16.7. The van der Waals surface area contributed by atoms with E-state index in [9.17, 15) is 4.79 Å². The molecule has 112 valence electrons. The number of hydrogen-bond acceptors (Lipinski definition) is 2. The van der Waals surface area contributed by atoms with Crippen LogP contribution < -0.4 is 0 Å². The highest BCUT2D eigenvalue weighted by Gasteiger charge is 2.41. The fraction of sp³-hybridized carbons (Fsp3) is 0.500. The van der Waals surface area contributed by atoms with Crippen LogP contribution >= 0.6 is 0 Å². The number of amides is 1. The lowest BCUT2D eigenvalue weighted by Crippen LogP contribution is -2.55. The number of rotatable bonds is 4. The van der Waals surface area contributed by atoms with Gasteiger partial charge in [0, 0.05) is 38.1 Å². The topological polar surface area (TPSA) is 23.6 Å². The van der Waals surface area contributed by atoms with Gasteiger partial charge in [0.15, 0.2) is 0 Å². The third-order valence-electron chi connectivity index (χ3n) is 4.62. The molecule has 1 amide bonds. The first kappa shape index (κ1) is 14.3. The normalized spacial score (nSPS) is 25.7. The van der Waals surface area contributed by atoms with Gasteiger partial charge in [0.05, 0.1) is 0 Å². The van der Waals surface area contributed by atoms with Gasteiger partial charge in [-0.25, -0.2) is 0 Å². The standard InChI is InChI=1S/C18H24N2O/c1-2-18(21)20-16-10-11-17(20)14-19(13-16)12-6-9-15-7-4-3-5-8-15/h3-9,16-17H,2,10-14H2,1H3/b9-6-/t16-,17+. The van der Waals surface area contributed by atoms with Crippen LogP contribution in [0.5, 0.6) is 0 Å². The van der Waals surface area contributed by atoms with E-state index in [1.807, 2.05) is 13.0 Å². The molecule has 3 rings (SSSR count). The van der Waals surface area contributed by atoms with E-state index in [2.05, 4.69) is 46.2 Å². The molecular formula is C18H24N2O. The van der Waals surface area contributed by atoms with Crippen molar-refractivity contribution in [2.24, 2.45) is 0 Å². The van der Waals surface area contributed by atoms with E-state index in [0.29, 0.717) is 24.4 Å². The molecule has 3 heteroatoms. The Morgan fingerprint density at radius 3 is 2.48 bits per heavy atom. The van der Waals surface area contributed by atoms with Crippen molar-refractivity contribution in [1.29, 1.82) is 0 Å². The molecule has 0 aliphatic carbocycles. The number of carbonyl (C=O) groups is 1. The van der Waals surface area contributed by atoms with Gasteiger partial charge in [-0.2, -0.15) is 0 Å². The van der Waals surface area contributed by atoms with Gasteiger partial charge in [-0.3, -0.25) is 9.69 Å². The molecule has 2 saturated heterocycles. The largest absolute Gasteiger partial charge is 0.334 e. The van der Waals surface area contributed by atoms with E-state index < -0.39 is 0 Å². The number of nitrogens with zero attached hydrogens (tertiary/aromatic N) is 2. The summed E-state index contributed by atoms with van der Waals surface area (Å²) in [6.07, 6.45) is 7.42. The van der Waals surface area contributed by atoms with Crippen LogP contribution in [0.25, 0.3) is 6.08 Å². The maximum atomic E-state index is 12.0. The molecular weight excluding hydrogens is 260 g/mol. The molecule has 2 heterocycles. The summed E-state index contributed by atoms with van der Waals surface area (Å²) in [7, 11) is 0. The summed E-state index contributed by atoms with van der Waals surface area (Å²) in [6, 6.07) is 11.3. The molecule has 2 bridgehead atoms. The molecule has 2 atom stereocenters. The maximum Gasteiger partial charge on any atom is 0.222 e. The molecule has 0 spiro atoms. The van der Waals surface area contributed by atoms with Gasteiger partial charge in [0.1, 0.15) is 0 Å². The van der Waals surface area contributed by atoms with Gasteiger partial charge in [-0.05, 0) is 18.4 Å². The van der Waals surface area contributed by atoms with Crippen molar-refractivity contribution in [1.82, 2.24) is 9.80 Å². The molecule has 0 radical (unpaired) electrons. The number of piperazine rings is 1. The lowest BCUT2D eigenvalue weighted by molar-refractivity contribution is -0.136. The quantitative estimate of drug-likeness (QED) is 0.849. The average Bonchev–Trinajstić information content (AvgIpc) is 2.78. The number of likely N-dealkylation sites (tertiary alicyclic amines) is 1. The zero-order chi connectivity index (χ0) is 14.7. The third kappa shape index (κ3) is 3.18. The van der Waals surface area contributed by atoms with Crippen molar-refractivity contribution in [2.75, 3.05) is 19.6 Å². The molecule has 1 aromatic rings. The summed E-state index contributed by atoms with van der Waals surface area (Å²) < 4.78 is 0. The Bertz CT molecular complexity index is 497. The summed E-state index contributed by atoms with van der Waals surface area (Å²) in [5, 5.41) is 0. The average molecular weight is 284 g/mol. The number of hydrogen-bond donors (Lipinski definition) is 0. The Hall–Kier alpha value is -1.61. The molecule has 2 fully saturated rings. The molecule has 3 nitrogen and oxygen atoms in total. The highest BCUT2D eigenvalue weighted by Crippen LogP contribution is 2.30.